The Balaban J connectivity index is 1.73. The van der Waals surface area contributed by atoms with E-state index in [4.69, 9.17) is 9.47 Å². The molecule has 0 saturated carbocycles. The topological polar surface area (TPSA) is 81.7 Å². The fraction of sp³-hybridized carbons (Fsp3) is 0.250. The maximum absolute atomic E-state index is 11.8. The number of carbonyl (C=O) groups is 3. The average Bonchev–Trinajstić information content (AvgIpc) is 2.65. The fourth-order valence-electron chi connectivity index (χ4n) is 2.07. The van der Waals surface area contributed by atoms with Crippen molar-refractivity contribution in [3.8, 4) is 5.75 Å². The first kappa shape index (κ1) is 19.2. The largest absolute Gasteiger partial charge is 0.489 e. The Morgan fingerprint density at radius 2 is 1.62 bits per heavy atom. The minimum absolute atomic E-state index is 0.0178. The van der Waals surface area contributed by atoms with E-state index in [9.17, 15) is 14.4 Å². The summed E-state index contributed by atoms with van der Waals surface area (Å²) in [5.41, 5.74) is 1.64. The number of ether oxygens (including phenoxy) is 2. The Morgan fingerprint density at radius 3 is 2.27 bits per heavy atom. The van der Waals surface area contributed by atoms with E-state index in [0.29, 0.717) is 18.0 Å². The molecule has 0 bridgehead atoms. The van der Waals surface area contributed by atoms with E-state index in [1.807, 2.05) is 30.3 Å². The van der Waals surface area contributed by atoms with Gasteiger partial charge in [-0.15, -0.1) is 0 Å². The van der Waals surface area contributed by atoms with Crippen LogP contribution >= 0.6 is 0 Å². The third-order valence-electron chi connectivity index (χ3n) is 3.43. The molecule has 6 nitrogen and oxygen atoms in total. The molecule has 2 aromatic carbocycles. The third-order valence-corrected chi connectivity index (χ3v) is 3.43. The van der Waals surface area contributed by atoms with Crippen LogP contribution in [0.2, 0.25) is 0 Å². The number of rotatable bonds is 9. The number of anilines is 1. The molecule has 0 aliphatic heterocycles. The van der Waals surface area contributed by atoms with Gasteiger partial charge in [-0.25, -0.2) is 0 Å². The van der Waals surface area contributed by atoms with Crippen molar-refractivity contribution in [3.63, 3.8) is 0 Å². The van der Waals surface area contributed by atoms with Gasteiger partial charge in [0.25, 0.3) is 5.91 Å². The Bertz CT molecular complexity index is 741. The molecule has 0 aromatic heterocycles. The molecule has 0 atom stereocenters. The van der Waals surface area contributed by atoms with Crippen LogP contribution in [0.1, 0.15) is 25.3 Å². The van der Waals surface area contributed by atoms with Gasteiger partial charge in [0.15, 0.2) is 6.61 Å². The summed E-state index contributed by atoms with van der Waals surface area (Å²) in [7, 11) is 0. The molecule has 6 heteroatoms. The van der Waals surface area contributed by atoms with Gasteiger partial charge in [-0.2, -0.15) is 0 Å². The lowest BCUT2D eigenvalue weighted by atomic mass is 10.2. The highest BCUT2D eigenvalue weighted by Crippen LogP contribution is 2.17. The van der Waals surface area contributed by atoms with E-state index in [2.05, 4.69) is 5.32 Å². The van der Waals surface area contributed by atoms with Crippen molar-refractivity contribution >= 4 is 23.3 Å². The number of ketones is 1. The van der Waals surface area contributed by atoms with Gasteiger partial charge in [0, 0.05) is 12.1 Å². The molecule has 136 valence electrons. The lowest BCUT2D eigenvalue weighted by molar-refractivity contribution is -0.148. The Hall–Kier alpha value is -3.15. The van der Waals surface area contributed by atoms with Crippen molar-refractivity contribution in [3.05, 3.63) is 60.2 Å². The van der Waals surface area contributed by atoms with E-state index in [0.717, 1.165) is 5.56 Å². The Kier molecular flexibility index (Phi) is 7.36. The summed E-state index contributed by atoms with van der Waals surface area (Å²) in [5, 5.41) is 2.62. The Labute approximate surface area is 152 Å². The highest BCUT2D eigenvalue weighted by atomic mass is 16.5. The molecular formula is C20H21NO5. The fourth-order valence-corrected chi connectivity index (χ4v) is 2.07. The van der Waals surface area contributed by atoms with Gasteiger partial charge in [-0.3, -0.25) is 9.59 Å². The summed E-state index contributed by atoms with van der Waals surface area (Å²) in [6, 6.07) is 16.7. The van der Waals surface area contributed by atoms with Crippen LogP contribution in [0.5, 0.6) is 5.75 Å². The highest BCUT2D eigenvalue weighted by molar-refractivity contribution is 5.93. The number of nitrogens with one attached hydrogen (secondary N) is 1. The molecule has 0 aliphatic carbocycles. The maximum Gasteiger partial charge on any atom is 0.306 e. The molecule has 1 N–H and O–H groups in total. The lowest BCUT2D eigenvalue weighted by Gasteiger charge is -2.09. The van der Waals surface area contributed by atoms with Gasteiger partial charge in [-0.05, 0) is 36.8 Å². The molecule has 0 unspecified atom stereocenters. The summed E-state index contributed by atoms with van der Waals surface area (Å²) < 4.78 is 10.5. The van der Waals surface area contributed by atoms with Crippen LogP contribution in [0, 0.1) is 0 Å². The van der Waals surface area contributed by atoms with Gasteiger partial charge < -0.3 is 19.6 Å². The van der Waals surface area contributed by atoms with Crippen LogP contribution < -0.4 is 10.1 Å². The minimum atomic E-state index is -0.569. The molecule has 2 rings (SSSR count). The summed E-state index contributed by atoms with van der Waals surface area (Å²) >= 11 is 0. The lowest BCUT2D eigenvalue weighted by Crippen LogP contribution is -2.21. The zero-order valence-corrected chi connectivity index (χ0v) is 14.6. The summed E-state index contributed by atoms with van der Waals surface area (Å²) in [6.45, 7) is 1.47. The van der Waals surface area contributed by atoms with Gasteiger partial charge >= 0.3 is 5.97 Å². The molecule has 0 saturated heterocycles. The normalized spacial score (nSPS) is 10.0. The van der Waals surface area contributed by atoms with Crippen LogP contribution in [0.25, 0.3) is 0 Å². The van der Waals surface area contributed by atoms with Crippen molar-refractivity contribution < 1.29 is 23.9 Å². The van der Waals surface area contributed by atoms with E-state index in [1.165, 1.54) is 6.92 Å². The van der Waals surface area contributed by atoms with Crippen LogP contribution in [0.15, 0.2) is 54.6 Å². The van der Waals surface area contributed by atoms with Crippen molar-refractivity contribution in [2.75, 3.05) is 11.9 Å². The monoisotopic (exact) mass is 355 g/mol. The molecule has 2 aromatic rings. The first-order valence-electron chi connectivity index (χ1n) is 8.24. The Morgan fingerprint density at radius 1 is 0.923 bits per heavy atom. The van der Waals surface area contributed by atoms with Crippen molar-refractivity contribution in [1.82, 2.24) is 0 Å². The number of esters is 1. The van der Waals surface area contributed by atoms with E-state index in [1.54, 1.807) is 24.3 Å². The minimum Gasteiger partial charge on any atom is -0.489 e. The van der Waals surface area contributed by atoms with Gasteiger partial charge in [0.1, 0.15) is 18.1 Å². The number of carbonyl (C=O) groups excluding carboxylic acids is 3. The van der Waals surface area contributed by atoms with E-state index in [-0.39, 0.29) is 25.2 Å². The predicted octanol–water partition coefficient (Wildman–Crippen LogP) is 3.12. The van der Waals surface area contributed by atoms with Crippen LogP contribution in [-0.4, -0.2) is 24.3 Å². The molecule has 0 radical (unpaired) electrons. The SMILES string of the molecule is CC(=O)CCC(=O)OCC(=O)Nc1ccc(OCc2ccccc2)cc1. The maximum atomic E-state index is 11.8. The number of hydrogen-bond donors (Lipinski definition) is 1. The average molecular weight is 355 g/mol. The zero-order chi connectivity index (χ0) is 18.8. The highest BCUT2D eigenvalue weighted by Gasteiger charge is 2.09. The quantitative estimate of drug-likeness (QED) is 0.699. The summed E-state index contributed by atoms with van der Waals surface area (Å²) in [6.07, 6.45) is 0.0982. The molecular weight excluding hydrogens is 334 g/mol. The number of Topliss-reactive ketones (excluding diaryl/α,β-unsaturated/α-hetero) is 1. The molecule has 1 amide bonds. The molecule has 0 spiro atoms. The first-order valence-corrected chi connectivity index (χ1v) is 8.24. The molecule has 0 fully saturated rings. The zero-order valence-electron chi connectivity index (χ0n) is 14.6. The second-order valence-electron chi connectivity index (χ2n) is 5.71. The van der Waals surface area contributed by atoms with Gasteiger partial charge in [-0.1, -0.05) is 30.3 Å². The van der Waals surface area contributed by atoms with E-state index >= 15 is 0 Å². The number of benzene rings is 2. The van der Waals surface area contributed by atoms with Crippen LogP contribution in [0.3, 0.4) is 0 Å². The number of amides is 1. The standard InChI is InChI=1S/C20H21NO5/c1-15(22)7-12-20(24)26-14-19(23)21-17-8-10-18(11-9-17)25-13-16-5-3-2-4-6-16/h2-6,8-11H,7,12-14H2,1H3,(H,21,23). The van der Waals surface area contributed by atoms with Crippen molar-refractivity contribution in [1.29, 1.82) is 0 Å². The number of hydrogen-bond acceptors (Lipinski definition) is 5. The third kappa shape index (κ3) is 7.17. The van der Waals surface area contributed by atoms with Crippen LogP contribution in [0.4, 0.5) is 5.69 Å². The smallest absolute Gasteiger partial charge is 0.306 e. The molecule has 0 aliphatic rings. The molecule has 26 heavy (non-hydrogen) atoms. The van der Waals surface area contributed by atoms with Crippen LogP contribution in [-0.2, 0) is 25.7 Å². The first-order chi connectivity index (χ1) is 12.5. The van der Waals surface area contributed by atoms with Gasteiger partial charge in [0.05, 0.1) is 6.42 Å². The summed E-state index contributed by atoms with van der Waals surface area (Å²) in [5.74, 6) is -0.428. The van der Waals surface area contributed by atoms with Gasteiger partial charge in [0.2, 0.25) is 0 Å². The summed E-state index contributed by atoms with van der Waals surface area (Å²) in [4.78, 5) is 33.9. The van der Waals surface area contributed by atoms with Crippen molar-refractivity contribution in [2.45, 2.75) is 26.4 Å². The predicted molar refractivity (Wildman–Crippen MR) is 96.7 cm³/mol. The second-order valence-corrected chi connectivity index (χ2v) is 5.71. The second kappa shape index (κ2) is 9.98. The van der Waals surface area contributed by atoms with Crippen molar-refractivity contribution in [2.24, 2.45) is 0 Å². The molecule has 0 heterocycles. The van der Waals surface area contributed by atoms with E-state index < -0.39 is 11.9 Å².